The molecule has 7 heteroatoms. The van der Waals surface area contributed by atoms with Gasteiger partial charge in [0, 0.05) is 39.6 Å². The van der Waals surface area contributed by atoms with Gasteiger partial charge in [-0.05, 0) is 18.4 Å². The van der Waals surface area contributed by atoms with E-state index in [0.29, 0.717) is 24.7 Å². The van der Waals surface area contributed by atoms with Crippen LogP contribution in [0, 0.1) is 5.92 Å². The molecule has 6 nitrogen and oxygen atoms in total. The molecule has 1 fully saturated rings. The topological polar surface area (TPSA) is 71.5 Å². The molecular formula is C13H21N3O3S. The Morgan fingerprint density at radius 3 is 2.90 bits per heavy atom. The first-order valence-corrected chi connectivity index (χ1v) is 8.09. The molecule has 0 spiro atoms. The fourth-order valence-electron chi connectivity index (χ4n) is 2.46. The summed E-state index contributed by atoms with van der Waals surface area (Å²) in [6, 6.07) is 1.66. The molecule has 0 saturated carbocycles. The maximum atomic E-state index is 12.7. The number of rotatable bonds is 4. The van der Waals surface area contributed by atoms with Crippen LogP contribution < -0.4 is 5.32 Å². The van der Waals surface area contributed by atoms with Crippen molar-refractivity contribution in [3.8, 4) is 0 Å². The number of nitrogens with one attached hydrogen (secondary N) is 1. The molecule has 2 heterocycles. The second kappa shape index (κ2) is 6.07. The third-order valence-electron chi connectivity index (χ3n) is 3.83. The molecule has 2 unspecified atom stereocenters. The molecule has 1 aromatic rings. The second-order valence-corrected chi connectivity index (χ2v) is 6.93. The summed E-state index contributed by atoms with van der Waals surface area (Å²) in [5.41, 5.74) is 0.563. The number of hydrogen-bond donors (Lipinski definition) is 1. The van der Waals surface area contributed by atoms with Crippen molar-refractivity contribution in [2.24, 2.45) is 5.92 Å². The molecule has 2 rings (SSSR count). The lowest BCUT2D eigenvalue weighted by Crippen LogP contribution is -2.46. The molecule has 0 bridgehead atoms. The number of nitrogens with zero attached hydrogens (tertiary/aromatic N) is 2. The highest BCUT2D eigenvalue weighted by Gasteiger charge is 2.34. The number of piperidine rings is 1. The molecule has 0 aromatic carbocycles. The monoisotopic (exact) mass is 299 g/mol. The van der Waals surface area contributed by atoms with Crippen LogP contribution in [0.2, 0.25) is 0 Å². The summed E-state index contributed by atoms with van der Waals surface area (Å²) in [7, 11) is -0.219. The zero-order valence-electron chi connectivity index (χ0n) is 12.0. The molecule has 1 saturated heterocycles. The van der Waals surface area contributed by atoms with Crippen molar-refractivity contribution in [1.82, 2.24) is 9.29 Å². The molecule has 112 valence electrons. The quantitative estimate of drug-likeness (QED) is 0.903. The lowest BCUT2D eigenvalue weighted by Gasteiger charge is -2.35. The van der Waals surface area contributed by atoms with Gasteiger partial charge in [0.25, 0.3) is 0 Å². The minimum Gasteiger partial charge on any atom is -0.387 e. The first-order valence-electron chi connectivity index (χ1n) is 6.65. The van der Waals surface area contributed by atoms with Crippen molar-refractivity contribution in [2.75, 3.05) is 32.6 Å². The van der Waals surface area contributed by atoms with Gasteiger partial charge in [0.2, 0.25) is 10.0 Å². The SMILES string of the molecule is CNc1ccncc1S(=O)(=O)N1CCC(C)C(OC)C1. The second-order valence-electron chi connectivity index (χ2n) is 5.03. The highest BCUT2D eigenvalue weighted by molar-refractivity contribution is 7.89. The van der Waals surface area contributed by atoms with Gasteiger partial charge < -0.3 is 10.1 Å². The minimum absolute atomic E-state index is 0.0618. The first kappa shape index (κ1) is 15.2. The van der Waals surface area contributed by atoms with E-state index in [1.807, 2.05) is 0 Å². The zero-order valence-corrected chi connectivity index (χ0v) is 12.9. The molecule has 1 aromatic heterocycles. The van der Waals surface area contributed by atoms with Crippen LogP contribution in [0.5, 0.6) is 0 Å². The number of pyridine rings is 1. The van der Waals surface area contributed by atoms with Gasteiger partial charge in [-0.25, -0.2) is 8.42 Å². The Balaban J connectivity index is 2.31. The summed E-state index contributed by atoms with van der Waals surface area (Å²) in [5.74, 6) is 0.365. The number of ether oxygens (including phenoxy) is 1. The van der Waals surface area contributed by atoms with Crippen LogP contribution in [0.25, 0.3) is 0 Å². The average molecular weight is 299 g/mol. The van der Waals surface area contributed by atoms with Gasteiger partial charge in [-0.3, -0.25) is 4.98 Å². The van der Waals surface area contributed by atoms with E-state index in [0.717, 1.165) is 6.42 Å². The van der Waals surface area contributed by atoms with Crippen LogP contribution in [-0.4, -0.2) is 51.1 Å². The molecule has 2 atom stereocenters. The summed E-state index contributed by atoms with van der Waals surface area (Å²) < 4.78 is 32.3. The standard InChI is InChI=1S/C13H21N3O3S/c1-10-5-7-16(9-12(10)19-3)20(17,18)13-8-15-6-4-11(13)14-2/h4,6,8,10,12H,5,7,9H2,1-3H3,(H,14,15). The van der Waals surface area contributed by atoms with Gasteiger partial charge >= 0.3 is 0 Å². The number of anilines is 1. The van der Waals surface area contributed by atoms with Crippen LogP contribution in [-0.2, 0) is 14.8 Å². The van der Waals surface area contributed by atoms with E-state index >= 15 is 0 Å². The molecule has 0 aliphatic carbocycles. The fraction of sp³-hybridized carbons (Fsp3) is 0.615. The Morgan fingerprint density at radius 2 is 2.25 bits per heavy atom. The Morgan fingerprint density at radius 1 is 1.50 bits per heavy atom. The van der Waals surface area contributed by atoms with Gasteiger partial charge in [-0.1, -0.05) is 6.92 Å². The van der Waals surface area contributed by atoms with Gasteiger partial charge in [0.05, 0.1) is 11.8 Å². The van der Waals surface area contributed by atoms with Crippen molar-refractivity contribution < 1.29 is 13.2 Å². The van der Waals surface area contributed by atoms with Crippen molar-refractivity contribution in [3.63, 3.8) is 0 Å². The van der Waals surface area contributed by atoms with Crippen LogP contribution in [0.15, 0.2) is 23.4 Å². The smallest absolute Gasteiger partial charge is 0.246 e. The Hall–Kier alpha value is -1.18. The van der Waals surface area contributed by atoms with Crippen LogP contribution in [0.1, 0.15) is 13.3 Å². The normalized spacial score (nSPS) is 24.6. The Kier molecular flexibility index (Phi) is 4.62. The van der Waals surface area contributed by atoms with E-state index in [1.165, 1.54) is 10.5 Å². The van der Waals surface area contributed by atoms with Crippen LogP contribution in [0.3, 0.4) is 0 Å². The van der Waals surface area contributed by atoms with E-state index in [1.54, 1.807) is 26.4 Å². The molecular weight excluding hydrogens is 278 g/mol. The van der Waals surface area contributed by atoms with E-state index in [4.69, 9.17) is 4.74 Å². The van der Waals surface area contributed by atoms with Crippen molar-refractivity contribution >= 4 is 15.7 Å². The predicted molar refractivity (Wildman–Crippen MR) is 77.1 cm³/mol. The molecule has 1 aliphatic rings. The van der Waals surface area contributed by atoms with E-state index in [-0.39, 0.29) is 11.0 Å². The fourth-order valence-corrected chi connectivity index (χ4v) is 4.07. The Labute approximate surface area is 120 Å². The first-order chi connectivity index (χ1) is 9.50. The lowest BCUT2D eigenvalue weighted by atomic mass is 9.97. The van der Waals surface area contributed by atoms with Crippen LogP contribution >= 0.6 is 0 Å². The summed E-state index contributed by atoms with van der Waals surface area (Å²) in [6.07, 6.45) is 3.70. The summed E-state index contributed by atoms with van der Waals surface area (Å²) in [4.78, 5) is 4.15. The van der Waals surface area contributed by atoms with Gasteiger partial charge in [-0.2, -0.15) is 4.31 Å². The lowest BCUT2D eigenvalue weighted by molar-refractivity contribution is 0.0184. The number of hydrogen-bond acceptors (Lipinski definition) is 5. The molecule has 20 heavy (non-hydrogen) atoms. The van der Waals surface area contributed by atoms with Gasteiger partial charge in [-0.15, -0.1) is 0 Å². The van der Waals surface area contributed by atoms with E-state index in [2.05, 4.69) is 17.2 Å². The van der Waals surface area contributed by atoms with Crippen LogP contribution in [0.4, 0.5) is 5.69 Å². The average Bonchev–Trinajstić information content (AvgIpc) is 2.47. The summed E-state index contributed by atoms with van der Waals surface area (Å²) in [5, 5.41) is 2.90. The highest BCUT2D eigenvalue weighted by Crippen LogP contribution is 2.28. The molecule has 0 amide bonds. The largest absolute Gasteiger partial charge is 0.387 e. The maximum Gasteiger partial charge on any atom is 0.246 e. The molecule has 1 N–H and O–H groups in total. The van der Waals surface area contributed by atoms with Gasteiger partial charge in [0.15, 0.2) is 0 Å². The number of methoxy groups -OCH3 is 1. The van der Waals surface area contributed by atoms with E-state index in [9.17, 15) is 8.42 Å². The third-order valence-corrected chi connectivity index (χ3v) is 5.72. The third kappa shape index (κ3) is 2.79. The van der Waals surface area contributed by atoms with Crippen molar-refractivity contribution in [2.45, 2.75) is 24.3 Å². The van der Waals surface area contributed by atoms with Crippen molar-refractivity contribution in [3.05, 3.63) is 18.5 Å². The van der Waals surface area contributed by atoms with Crippen molar-refractivity contribution in [1.29, 1.82) is 0 Å². The summed E-state index contributed by atoms with van der Waals surface area (Å²) in [6.45, 7) is 2.99. The number of aromatic nitrogens is 1. The zero-order chi connectivity index (χ0) is 14.8. The minimum atomic E-state index is -3.54. The predicted octanol–water partition coefficient (Wildman–Crippen LogP) is 1.17. The molecule has 0 radical (unpaired) electrons. The van der Waals surface area contributed by atoms with E-state index < -0.39 is 10.0 Å². The summed E-state index contributed by atoms with van der Waals surface area (Å²) >= 11 is 0. The van der Waals surface area contributed by atoms with Gasteiger partial charge in [0.1, 0.15) is 4.90 Å². The number of sulfonamides is 1. The maximum absolute atomic E-state index is 12.7. The highest BCUT2D eigenvalue weighted by atomic mass is 32.2. The molecule has 1 aliphatic heterocycles. The Bertz CT molecular complexity index is 562.